The number of carbonyl (C=O) groups excluding carboxylic acids is 2. The Morgan fingerprint density at radius 2 is 0.685 bits per heavy atom. The summed E-state index contributed by atoms with van der Waals surface area (Å²) in [5.74, 6) is -0.0281. The molecule has 430 valence electrons. The van der Waals surface area contributed by atoms with Gasteiger partial charge in [-0.1, -0.05) is 294 Å². The molecule has 0 saturated carbocycles. The van der Waals surface area contributed by atoms with Crippen LogP contribution < -0.4 is 5.32 Å². The molecule has 0 saturated heterocycles. The predicted octanol–water partition coefficient (Wildman–Crippen LogP) is 20.8. The van der Waals surface area contributed by atoms with E-state index in [-0.39, 0.29) is 18.5 Å². The second-order valence-electron chi connectivity index (χ2n) is 22.4. The van der Waals surface area contributed by atoms with Crippen LogP contribution in [0.15, 0.2) is 36.5 Å². The minimum Gasteiger partial charge on any atom is -0.466 e. The lowest BCUT2D eigenvalue weighted by molar-refractivity contribution is -0.143. The number of esters is 1. The Kier molecular flexibility index (Phi) is 61.0. The molecular weight excluding hydrogens is 899 g/mol. The van der Waals surface area contributed by atoms with Gasteiger partial charge in [-0.05, 0) is 83.5 Å². The van der Waals surface area contributed by atoms with Crippen molar-refractivity contribution in [3.63, 3.8) is 0 Å². The first-order valence-corrected chi connectivity index (χ1v) is 32.7. The lowest BCUT2D eigenvalue weighted by atomic mass is 10.0. The van der Waals surface area contributed by atoms with Crippen molar-refractivity contribution in [2.75, 3.05) is 13.2 Å². The fourth-order valence-electron chi connectivity index (χ4n) is 10.1. The third kappa shape index (κ3) is 59.2. The first-order valence-electron chi connectivity index (χ1n) is 32.7. The zero-order chi connectivity index (χ0) is 52.9. The van der Waals surface area contributed by atoms with E-state index >= 15 is 0 Å². The van der Waals surface area contributed by atoms with Gasteiger partial charge < -0.3 is 20.3 Å². The Morgan fingerprint density at radius 1 is 0.384 bits per heavy atom. The molecule has 0 fully saturated rings. The molecule has 0 aromatic rings. The van der Waals surface area contributed by atoms with Crippen molar-refractivity contribution in [1.82, 2.24) is 5.32 Å². The highest BCUT2D eigenvalue weighted by molar-refractivity contribution is 5.76. The number of hydrogen-bond acceptors (Lipinski definition) is 5. The molecule has 6 heteroatoms. The molecule has 0 aliphatic carbocycles. The van der Waals surface area contributed by atoms with Crippen LogP contribution in [-0.4, -0.2) is 47.4 Å². The third-order valence-electron chi connectivity index (χ3n) is 15.2. The van der Waals surface area contributed by atoms with E-state index in [1.54, 1.807) is 0 Å². The SMILES string of the molecule is CCCCCC/C=C\C/C=C\CCCCCCCCCC(=O)OCCCCCCCCCCCCCC/C=C\CCCCCCCCCCCCCC(=O)NC(CO)C(O)CCCCCCCCCCCCC. The molecule has 2 atom stereocenters. The van der Waals surface area contributed by atoms with Gasteiger partial charge in [-0.3, -0.25) is 9.59 Å². The smallest absolute Gasteiger partial charge is 0.305 e. The highest BCUT2D eigenvalue weighted by Crippen LogP contribution is 2.18. The van der Waals surface area contributed by atoms with E-state index in [9.17, 15) is 19.8 Å². The summed E-state index contributed by atoms with van der Waals surface area (Å²) >= 11 is 0. The third-order valence-corrected chi connectivity index (χ3v) is 15.2. The van der Waals surface area contributed by atoms with Gasteiger partial charge in [0.1, 0.15) is 0 Å². The second-order valence-corrected chi connectivity index (χ2v) is 22.4. The van der Waals surface area contributed by atoms with Gasteiger partial charge in [0.05, 0.1) is 25.4 Å². The Morgan fingerprint density at radius 3 is 1.07 bits per heavy atom. The molecule has 0 aromatic heterocycles. The number of nitrogens with one attached hydrogen (secondary N) is 1. The largest absolute Gasteiger partial charge is 0.466 e. The number of aliphatic hydroxyl groups is 2. The lowest BCUT2D eigenvalue weighted by Crippen LogP contribution is -2.45. The summed E-state index contributed by atoms with van der Waals surface area (Å²) < 4.78 is 5.50. The quantitative estimate of drug-likeness (QED) is 0.0320. The van der Waals surface area contributed by atoms with Crippen LogP contribution in [0.25, 0.3) is 0 Å². The Hall–Kier alpha value is -1.92. The van der Waals surface area contributed by atoms with Crippen LogP contribution in [0, 0.1) is 0 Å². The van der Waals surface area contributed by atoms with Crippen LogP contribution in [0.1, 0.15) is 354 Å². The highest BCUT2D eigenvalue weighted by atomic mass is 16.5. The maximum Gasteiger partial charge on any atom is 0.305 e. The molecule has 0 heterocycles. The summed E-state index contributed by atoms with van der Waals surface area (Å²) in [5.41, 5.74) is 0. The number of aliphatic hydroxyl groups excluding tert-OH is 2. The molecule has 0 rings (SSSR count). The number of allylic oxidation sites excluding steroid dienone is 6. The van der Waals surface area contributed by atoms with Crippen LogP contribution in [0.3, 0.4) is 0 Å². The van der Waals surface area contributed by atoms with Crippen molar-refractivity contribution in [2.45, 2.75) is 366 Å². The summed E-state index contributed by atoms with van der Waals surface area (Å²) in [4.78, 5) is 24.5. The number of rotatable bonds is 61. The van der Waals surface area contributed by atoms with Gasteiger partial charge >= 0.3 is 5.97 Å². The normalized spacial score (nSPS) is 12.8. The average molecular weight is 1030 g/mol. The van der Waals surface area contributed by atoms with Crippen molar-refractivity contribution in [1.29, 1.82) is 0 Å². The summed E-state index contributed by atoms with van der Waals surface area (Å²) in [6, 6.07) is -0.541. The number of amides is 1. The number of unbranched alkanes of at least 4 members (excludes halogenated alkanes) is 44. The van der Waals surface area contributed by atoms with Crippen LogP contribution >= 0.6 is 0 Å². The maximum atomic E-state index is 12.5. The lowest BCUT2D eigenvalue weighted by Gasteiger charge is -2.22. The molecule has 1 amide bonds. The molecule has 0 radical (unpaired) electrons. The Bertz CT molecular complexity index is 1180. The van der Waals surface area contributed by atoms with Gasteiger partial charge in [-0.15, -0.1) is 0 Å². The van der Waals surface area contributed by atoms with Crippen molar-refractivity contribution in [2.24, 2.45) is 0 Å². The first-order chi connectivity index (χ1) is 36.0. The molecule has 0 spiro atoms. The van der Waals surface area contributed by atoms with Gasteiger partial charge in [-0.2, -0.15) is 0 Å². The average Bonchev–Trinajstić information content (AvgIpc) is 3.39. The van der Waals surface area contributed by atoms with Crippen LogP contribution in [0.4, 0.5) is 0 Å². The predicted molar refractivity (Wildman–Crippen MR) is 319 cm³/mol. The zero-order valence-corrected chi connectivity index (χ0v) is 49.1. The maximum absolute atomic E-state index is 12.5. The van der Waals surface area contributed by atoms with E-state index in [1.807, 2.05) is 0 Å². The molecule has 0 bridgehead atoms. The van der Waals surface area contributed by atoms with E-state index in [1.165, 1.54) is 270 Å². The van der Waals surface area contributed by atoms with E-state index in [0.29, 0.717) is 25.9 Å². The fraction of sp³-hybridized carbons (Fsp3) is 0.881. The minimum atomic E-state index is -0.663. The monoisotopic (exact) mass is 1030 g/mol. The molecular formula is C67H127NO5. The van der Waals surface area contributed by atoms with Gasteiger partial charge in [0.15, 0.2) is 0 Å². The van der Waals surface area contributed by atoms with E-state index < -0.39 is 12.1 Å². The number of carbonyl (C=O) groups is 2. The Balaban J connectivity index is 3.36. The van der Waals surface area contributed by atoms with Crippen molar-refractivity contribution < 1.29 is 24.5 Å². The zero-order valence-electron chi connectivity index (χ0n) is 49.1. The van der Waals surface area contributed by atoms with Crippen molar-refractivity contribution in [3.8, 4) is 0 Å². The van der Waals surface area contributed by atoms with Crippen LogP contribution in [-0.2, 0) is 14.3 Å². The van der Waals surface area contributed by atoms with Crippen LogP contribution in [0.5, 0.6) is 0 Å². The standard InChI is InChI=1S/C67H127NO5/c1-3-5-7-9-11-13-15-16-17-18-31-34-37-41-45-49-53-57-61-67(72)73-62-58-54-50-46-42-38-35-32-29-27-25-23-21-19-20-22-24-26-28-30-33-36-40-44-48-52-56-60-66(71)68-64(63-69)65(70)59-55-51-47-43-39-14-12-10-8-6-4-2/h13,15,17-20,64-65,69-70H,3-12,14,16,21-63H2,1-2H3,(H,68,71)/b15-13-,18-17-,20-19-. The fourth-order valence-corrected chi connectivity index (χ4v) is 10.1. The van der Waals surface area contributed by atoms with Gasteiger partial charge in [-0.25, -0.2) is 0 Å². The van der Waals surface area contributed by atoms with Crippen molar-refractivity contribution in [3.05, 3.63) is 36.5 Å². The summed E-state index contributed by atoms with van der Waals surface area (Å²) in [6.45, 7) is 4.94. The van der Waals surface area contributed by atoms with Gasteiger partial charge in [0.25, 0.3) is 0 Å². The molecule has 0 aliphatic rings. The second kappa shape index (κ2) is 62.6. The van der Waals surface area contributed by atoms with E-state index in [0.717, 1.165) is 51.4 Å². The molecule has 0 aromatic carbocycles. The molecule has 6 nitrogen and oxygen atoms in total. The minimum absolute atomic E-state index is 0.00787. The summed E-state index contributed by atoms with van der Waals surface area (Å²) in [5, 5.41) is 23.2. The molecule has 0 aliphatic heterocycles. The van der Waals surface area contributed by atoms with Gasteiger partial charge in [0, 0.05) is 12.8 Å². The number of ether oxygens (including phenoxy) is 1. The van der Waals surface area contributed by atoms with Gasteiger partial charge in [0.2, 0.25) is 5.91 Å². The molecule has 3 N–H and O–H groups in total. The van der Waals surface area contributed by atoms with Crippen molar-refractivity contribution >= 4 is 11.9 Å². The summed E-state index contributed by atoms with van der Waals surface area (Å²) in [7, 11) is 0. The number of hydrogen-bond donors (Lipinski definition) is 3. The van der Waals surface area contributed by atoms with Crippen LogP contribution in [0.2, 0.25) is 0 Å². The summed E-state index contributed by atoms with van der Waals surface area (Å²) in [6.07, 6.45) is 78.9. The van der Waals surface area contributed by atoms with E-state index in [2.05, 4.69) is 55.6 Å². The Labute approximate surface area is 455 Å². The highest BCUT2D eigenvalue weighted by Gasteiger charge is 2.20. The molecule has 2 unspecified atom stereocenters. The topological polar surface area (TPSA) is 95.9 Å². The molecule has 73 heavy (non-hydrogen) atoms. The van der Waals surface area contributed by atoms with E-state index in [4.69, 9.17) is 4.74 Å². The first kappa shape index (κ1) is 71.1.